The van der Waals surface area contributed by atoms with E-state index >= 15 is 0 Å². The molecule has 1 aromatic heterocycles. The number of hydrogen-bond acceptors (Lipinski definition) is 7. The molecule has 0 saturated carbocycles. The van der Waals surface area contributed by atoms with Crippen molar-refractivity contribution in [3.63, 3.8) is 0 Å². The van der Waals surface area contributed by atoms with E-state index in [1.165, 1.54) is 0 Å². The molecule has 0 bridgehead atoms. The van der Waals surface area contributed by atoms with Crippen molar-refractivity contribution in [2.75, 3.05) is 10.6 Å². The molecule has 0 spiro atoms. The Morgan fingerprint density at radius 3 is 2.30 bits per heavy atom. The summed E-state index contributed by atoms with van der Waals surface area (Å²) in [4.78, 5) is 26.6. The van der Waals surface area contributed by atoms with Gasteiger partial charge in [-0.25, -0.2) is 0 Å². The number of anilines is 3. The van der Waals surface area contributed by atoms with Crippen LogP contribution in [-0.2, 0) is 4.79 Å². The lowest BCUT2D eigenvalue weighted by Gasteiger charge is -2.17. The summed E-state index contributed by atoms with van der Waals surface area (Å²) in [5.74, 6) is -2.76. The van der Waals surface area contributed by atoms with Gasteiger partial charge in [0.15, 0.2) is 11.5 Å². The van der Waals surface area contributed by atoms with Gasteiger partial charge in [-0.1, -0.05) is 17.7 Å². The minimum absolute atomic E-state index is 0.140. The molecule has 0 aliphatic rings. The van der Waals surface area contributed by atoms with E-state index in [1.807, 2.05) is 6.92 Å². The van der Waals surface area contributed by atoms with Crippen LogP contribution in [0.2, 0.25) is 0 Å². The van der Waals surface area contributed by atoms with Crippen LogP contribution in [-0.4, -0.2) is 39.2 Å². The third-order valence-electron chi connectivity index (χ3n) is 3.32. The van der Waals surface area contributed by atoms with E-state index in [9.17, 15) is 22.8 Å². The van der Waals surface area contributed by atoms with E-state index in [1.54, 1.807) is 24.3 Å². The van der Waals surface area contributed by atoms with Crippen LogP contribution in [0.15, 0.2) is 24.3 Å². The highest BCUT2D eigenvalue weighted by Gasteiger charge is 2.35. The van der Waals surface area contributed by atoms with Crippen LogP contribution >= 0.6 is 0 Å². The van der Waals surface area contributed by atoms with Gasteiger partial charge in [0.1, 0.15) is 6.04 Å². The summed E-state index contributed by atoms with van der Waals surface area (Å²) in [6, 6.07) is 5.13. The number of primary amides is 2. The van der Waals surface area contributed by atoms with Crippen LogP contribution in [0, 0.1) is 6.92 Å². The third kappa shape index (κ3) is 5.80. The standard InChI is InChI=1S/C15H16F3N7O2/c1-7-2-4-8(5-3-7)21-13-10(12(20)27)24-25-14(23-13)22-9(11(19)26)6-15(16,17)18/h2-5,9H,6H2,1H3,(H2,19,26)(H2,20,27)(H2,21,22,23,25)/t9-/m1/s1. The first-order valence-electron chi connectivity index (χ1n) is 7.56. The Morgan fingerprint density at radius 2 is 1.78 bits per heavy atom. The van der Waals surface area contributed by atoms with E-state index < -0.39 is 36.4 Å². The molecule has 0 fully saturated rings. The number of aryl methyl sites for hydroxylation is 1. The quantitative estimate of drug-likeness (QED) is 0.562. The van der Waals surface area contributed by atoms with Crippen LogP contribution in [0.25, 0.3) is 0 Å². The number of alkyl halides is 3. The number of amides is 2. The molecule has 1 heterocycles. The Labute approximate surface area is 151 Å². The van der Waals surface area contributed by atoms with Crippen molar-refractivity contribution < 1.29 is 22.8 Å². The molecule has 9 nitrogen and oxygen atoms in total. The molecule has 1 atom stereocenters. The van der Waals surface area contributed by atoms with Crippen molar-refractivity contribution in [2.24, 2.45) is 11.5 Å². The van der Waals surface area contributed by atoms with Gasteiger partial charge in [-0.2, -0.15) is 18.2 Å². The van der Waals surface area contributed by atoms with Gasteiger partial charge >= 0.3 is 6.18 Å². The molecule has 2 rings (SSSR count). The molecule has 0 saturated heterocycles. The molecule has 12 heteroatoms. The van der Waals surface area contributed by atoms with Crippen LogP contribution in [0.5, 0.6) is 0 Å². The van der Waals surface area contributed by atoms with Gasteiger partial charge in [0.25, 0.3) is 5.91 Å². The smallest absolute Gasteiger partial charge is 0.368 e. The number of nitrogens with one attached hydrogen (secondary N) is 2. The summed E-state index contributed by atoms with van der Waals surface area (Å²) >= 11 is 0. The van der Waals surface area contributed by atoms with Crippen LogP contribution < -0.4 is 22.1 Å². The van der Waals surface area contributed by atoms with Gasteiger partial charge in [-0.05, 0) is 19.1 Å². The van der Waals surface area contributed by atoms with E-state index in [-0.39, 0.29) is 11.5 Å². The molecule has 1 aromatic carbocycles. The molecule has 0 radical (unpaired) electrons. The van der Waals surface area contributed by atoms with Crippen LogP contribution in [0.4, 0.5) is 30.6 Å². The molecule has 2 amide bonds. The number of carbonyl (C=O) groups excluding carboxylic acids is 2. The zero-order valence-electron chi connectivity index (χ0n) is 14.0. The highest BCUT2D eigenvalue weighted by molar-refractivity contribution is 5.96. The summed E-state index contributed by atoms with van der Waals surface area (Å²) in [6.45, 7) is 1.87. The predicted octanol–water partition coefficient (Wildman–Crippen LogP) is 1.24. The van der Waals surface area contributed by atoms with Crippen molar-refractivity contribution in [1.29, 1.82) is 0 Å². The van der Waals surface area contributed by atoms with E-state index in [4.69, 9.17) is 11.5 Å². The molecule has 2 aromatic rings. The summed E-state index contributed by atoms with van der Waals surface area (Å²) < 4.78 is 37.7. The Morgan fingerprint density at radius 1 is 1.15 bits per heavy atom. The zero-order valence-corrected chi connectivity index (χ0v) is 14.0. The molecule has 0 aliphatic heterocycles. The SMILES string of the molecule is Cc1ccc(Nc2nc(N[C@H](CC(F)(F)F)C(N)=O)nnc2C(N)=O)cc1. The number of nitrogens with two attached hydrogens (primary N) is 2. The molecule has 6 N–H and O–H groups in total. The highest BCUT2D eigenvalue weighted by Crippen LogP contribution is 2.23. The molecule has 0 unspecified atom stereocenters. The van der Waals surface area contributed by atoms with Gasteiger partial charge in [0, 0.05) is 5.69 Å². The molecular weight excluding hydrogens is 367 g/mol. The summed E-state index contributed by atoms with van der Waals surface area (Å²) in [5.41, 5.74) is 11.4. The predicted molar refractivity (Wildman–Crippen MR) is 90.1 cm³/mol. The van der Waals surface area contributed by atoms with Crippen molar-refractivity contribution in [1.82, 2.24) is 15.2 Å². The van der Waals surface area contributed by atoms with Crippen molar-refractivity contribution in [2.45, 2.75) is 25.6 Å². The second-order valence-electron chi connectivity index (χ2n) is 5.61. The Bertz CT molecular complexity index is 840. The zero-order chi connectivity index (χ0) is 20.2. The Balaban J connectivity index is 2.31. The van der Waals surface area contributed by atoms with Gasteiger partial charge in [-0.3, -0.25) is 9.59 Å². The van der Waals surface area contributed by atoms with Crippen LogP contribution in [0.3, 0.4) is 0 Å². The second-order valence-corrected chi connectivity index (χ2v) is 5.61. The molecular formula is C15H16F3N7O2. The van der Waals surface area contributed by atoms with E-state index in [0.717, 1.165) is 5.56 Å². The van der Waals surface area contributed by atoms with Crippen molar-refractivity contribution in [3.05, 3.63) is 35.5 Å². The summed E-state index contributed by atoms with van der Waals surface area (Å²) in [7, 11) is 0. The van der Waals surface area contributed by atoms with Crippen LogP contribution in [0.1, 0.15) is 22.5 Å². The third-order valence-corrected chi connectivity index (χ3v) is 3.32. The first kappa shape index (κ1) is 19.9. The number of carbonyl (C=O) groups is 2. The average molecular weight is 383 g/mol. The maximum absolute atomic E-state index is 12.6. The highest BCUT2D eigenvalue weighted by atomic mass is 19.4. The summed E-state index contributed by atoms with van der Waals surface area (Å²) in [6.07, 6.45) is -6.17. The van der Waals surface area contributed by atoms with Crippen molar-refractivity contribution >= 4 is 29.3 Å². The molecule has 27 heavy (non-hydrogen) atoms. The minimum atomic E-state index is -4.64. The molecule has 144 valence electrons. The minimum Gasteiger partial charge on any atom is -0.368 e. The molecule has 0 aliphatic carbocycles. The van der Waals surface area contributed by atoms with Gasteiger partial charge in [0.2, 0.25) is 11.9 Å². The lowest BCUT2D eigenvalue weighted by molar-refractivity contribution is -0.144. The van der Waals surface area contributed by atoms with Crippen molar-refractivity contribution in [3.8, 4) is 0 Å². The first-order valence-corrected chi connectivity index (χ1v) is 7.56. The normalized spacial score (nSPS) is 12.3. The Kier molecular flexibility index (Phi) is 5.78. The maximum Gasteiger partial charge on any atom is 0.391 e. The number of hydrogen-bond donors (Lipinski definition) is 4. The number of rotatable bonds is 7. The fourth-order valence-electron chi connectivity index (χ4n) is 2.02. The summed E-state index contributed by atoms with van der Waals surface area (Å²) in [5, 5.41) is 12.0. The largest absolute Gasteiger partial charge is 0.391 e. The maximum atomic E-state index is 12.6. The number of benzene rings is 1. The van der Waals surface area contributed by atoms with Gasteiger partial charge in [0.05, 0.1) is 6.42 Å². The number of aromatic nitrogens is 3. The number of halogens is 3. The van der Waals surface area contributed by atoms with E-state index in [2.05, 4.69) is 25.8 Å². The monoisotopic (exact) mass is 383 g/mol. The number of nitrogens with zero attached hydrogens (tertiary/aromatic N) is 3. The lowest BCUT2D eigenvalue weighted by Crippen LogP contribution is -2.39. The first-order chi connectivity index (χ1) is 12.5. The topological polar surface area (TPSA) is 149 Å². The Hall–Kier alpha value is -3.44. The average Bonchev–Trinajstić information content (AvgIpc) is 2.55. The van der Waals surface area contributed by atoms with Gasteiger partial charge in [-0.15, -0.1) is 10.2 Å². The lowest BCUT2D eigenvalue weighted by atomic mass is 10.2. The van der Waals surface area contributed by atoms with Gasteiger partial charge < -0.3 is 22.1 Å². The second kappa shape index (κ2) is 7.85. The van der Waals surface area contributed by atoms with E-state index in [0.29, 0.717) is 5.69 Å². The fourth-order valence-corrected chi connectivity index (χ4v) is 2.02. The fraction of sp³-hybridized carbons (Fsp3) is 0.267.